The fourth-order valence-corrected chi connectivity index (χ4v) is 4.05. The van der Waals surface area contributed by atoms with Gasteiger partial charge in [0.05, 0.1) is 0 Å². The number of rotatable bonds is 16. The minimum Gasteiger partial charge on any atom is -0.385 e. The van der Waals surface area contributed by atoms with Crippen molar-refractivity contribution in [2.75, 3.05) is 33.2 Å². The maximum atomic E-state index is 4.35. The summed E-state index contributed by atoms with van der Waals surface area (Å²) < 4.78 is 0. The molecule has 2 atom stereocenters. The van der Waals surface area contributed by atoms with Gasteiger partial charge in [-0.15, -0.1) is 0 Å². The van der Waals surface area contributed by atoms with Crippen molar-refractivity contribution in [1.82, 2.24) is 15.5 Å². The summed E-state index contributed by atoms with van der Waals surface area (Å²) in [6.07, 6.45) is 12.0. The molecule has 4 nitrogen and oxygen atoms in total. The highest BCUT2D eigenvalue weighted by Gasteiger charge is 2.17. The lowest BCUT2D eigenvalue weighted by molar-refractivity contribution is 0.288. The SMILES string of the molecule is C=C(CCCCN(CCNC)CC1=CN=CCC1)NC(Cc1ccccc1)C(C)CC. The number of hydrogen-bond donors (Lipinski definition) is 2. The average Bonchev–Trinajstić information content (AvgIpc) is 2.80. The van der Waals surface area contributed by atoms with E-state index in [9.17, 15) is 0 Å². The third kappa shape index (κ3) is 10.3. The number of nitrogens with one attached hydrogen (secondary N) is 2. The molecule has 0 radical (unpaired) electrons. The smallest absolute Gasteiger partial charge is 0.0323 e. The first-order valence-electron chi connectivity index (χ1n) is 12.2. The summed E-state index contributed by atoms with van der Waals surface area (Å²) in [5.74, 6) is 0.625. The Morgan fingerprint density at radius 2 is 2.00 bits per heavy atom. The van der Waals surface area contributed by atoms with Crippen LogP contribution in [0.5, 0.6) is 0 Å². The third-order valence-corrected chi connectivity index (χ3v) is 6.28. The average molecular weight is 425 g/mol. The van der Waals surface area contributed by atoms with Crippen LogP contribution in [0.15, 0.2) is 59.4 Å². The number of benzene rings is 1. The zero-order valence-electron chi connectivity index (χ0n) is 20.1. The fourth-order valence-electron chi connectivity index (χ4n) is 4.05. The van der Waals surface area contributed by atoms with Gasteiger partial charge in [-0.2, -0.15) is 0 Å². The molecule has 2 N–H and O–H groups in total. The van der Waals surface area contributed by atoms with Crippen LogP contribution in [-0.4, -0.2) is 50.4 Å². The quantitative estimate of drug-likeness (QED) is 0.359. The van der Waals surface area contributed by atoms with Crippen LogP contribution in [0.4, 0.5) is 0 Å². The molecular weight excluding hydrogens is 380 g/mol. The largest absolute Gasteiger partial charge is 0.385 e. The predicted octanol–water partition coefficient (Wildman–Crippen LogP) is 5.19. The van der Waals surface area contributed by atoms with Gasteiger partial charge in [0, 0.05) is 43.8 Å². The maximum Gasteiger partial charge on any atom is 0.0323 e. The molecule has 0 fully saturated rings. The van der Waals surface area contributed by atoms with Gasteiger partial charge in [-0.05, 0) is 69.2 Å². The van der Waals surface area contributed by atoms with Gasteiger partial charge in [-0.3, -0.25) is 9.89 Å². The standard InChI is InChI=1S/C27H44N4/c1-5-23(2)27(20-25-13-7-6-8-14-25)30-24(3)12-9-10-18-31(19-17-28-4)22-26-15-11-16-29-21-26/h6-8,13-14,16,21,23,27-28,30H,3,5,9-12,15,17-20,22H2,1-2,4H3. The number of likely N-dealkylation sites (N-methyl/N-ethyl adjacent to an activating group) is 1. The normalized spacial score (nSPS) is 15.5. The third-order valence-electron chi connectivity index (χ3n) is 6.28. The molecule has 1 heterocycles. The van der Waals surface area contributed by atoms with E-state index in [4.69, 9.17) is 0 Å². The Labute approximate surface area is 190 Å². The zero-order valence-corrected chi connectivity index (χ0v) is 20.1. The van der Waals surface area contributed by atoms with E-state index in [1.54, 1.807) is 0 Å². The molecule has 1 aliphatic heterocycles. The lowest BCUT2D eigenvalue weighted by Crippen LogP contribution is -2.36. The van der Waals surface area contributed by atoms with Gasteiger partial charge >= 0.3 is 0 Å². The van der Waals surface area contributed by atoms with E-state index in [-0.39, 0.29) is 0 Å². The highest BCUT2D eigenvalue weighted by molar-refractivity contribution is 5.60. The van der Waals surface area contributed by atoms with E-state index in [1.807, 2.05) is 13.3 Å². The Morgan fingerprint density at radius 1 is 1.19 bits per heavy atom. The van der Waals surface area contributed by atoms with Gasteiger partial charge in [-0.25, -0.2) is 0 Å². The summed E-state index contributed by atoms with van der Waals surface area (Å²) in [7, 11) is 2.03. The summed E-state index contributed by atoms with van der Waals surface area (Å²) in [4.78, 5) is 6.91. The van der Waals surface area contributed by atoms with E-state index in [1.165, 1.54) is 36.1 Å². The molecule has 1 aromatic rings. The van der Waals surface area contributed by atoms with Crippen molar-refractivity contribution in [3.63, 3.8) is 0 Å². The highest BCUT2D eigenvalue weighted by Crippen LogP contribution is 2.17. The van der Waals surface area contributed by atoms with E-state index in [0.29, 0.717) is 12.0 Å². The van der Waals surface area contributed by atoms with Crippen LogP contribution >= 0.6 is 0 Å². The fraction of sp³-hybridized carbons (Fsp3) is 0.593. The molecule has 31 heavy (non-hydrogen) atoms. The summed E-state index contributed by atoms with van der Waals surface area (Å²) >= 11 is 0. The van der Waals surface area contributed by atoms with Crippen LogP contribution < -0.4 is 10.6 Å². The lowest BCUT2D eigenvalue weighted by atomic mass is 9.92. The summed E-state index contributed by atoms with van der Waals surface area (Å²) in [6.45, 7) is 13.3. The molecule has 0 bridgehead atoms. The second-order valence-electron chi connectivity index (χ2n) is 8.92. The highest BCUT2D eigenvalue weighted by atomic mass is 15.1. The second kappa shape index (κ2) is 15.0. The first-order chi connectivity index (χ1) is 15.1. The first-order valence-corrected chi connectivity index (χ1v) is 12.2. The van der Waals surface area contributed by atoms with Gasteiger partial charge in [0.25, 0.3) is 0 Å². The molecule has 0 saturated heterocycles. The van der Waals surface area contributed by atoms with Crippen molar-refractivity contribution >= 4 is 6.21 Å². The molecule has 0 saturated carbocycles. The first kappa shape index (κ1) is 25.4. The van der Waals surface area contributed by atoms with Crippen LogP contribution in [0.2, 0.25) is 0 Å². The van der Waals surface area contributed by atoms with Crippen LogP contribution in [0.1, 0.15) is 57.9 Å². The van der Waals surface area contributed by atoms with E-state index in [0.717, 1.165) is 51.9 Å². The predicted molar refractivity (Wildman–Crippen MR) is 136 cm³/mol. The lowest BCUT2D eigenvalue weighted by Gasteiger charge is -2.27. The Hall–Kier alpha value is -1.91. The number of aliphatic imine (C=N–C) groups is 1. The Kier molecular flexibility index (Phi) is 12.3. The Balaban J connectivity index is 1.75. The van der Waals surface area contributed by atoms with Crippen molar-refractivity contribution in [2.45, 2.75) is 64.8 Å². The number of hydrogen-bond acceptors (Lipinski definition) is 4. The molecule has 172 valence electrons. The van der Waals surface area contributed by atoms with E-state index < -0.39 is 0 Å². The molecular formula is C27H44N4. The van der Waals surface area contributed by atoms with Gasteiger partial charge in [-0.1, -0.05) is 57.2 Å². The van der Waals surface area contributed by atoms with Crippen molar-refractivity contribution in [1.29, 1.82) is 0 Å². The monoisotopic (exact) mass is 424 g/mol. The number of unbranched alkanes of at least 4 members (excludes halogenated alkanes) is 1. The topological polar surface area (TPSA) is 39.7 Å². The molecule has 4 heteroatoms. The second-order valence-corrected chi connectivity index (χ2v) is 8.92. The summed E-state index contributed by atoms with van der Waals surface area (Å²) in [6, 6.07) is 11.3. The van der Waals surface area contributed by atoms with Crippen molar-refractivity contribution < 1.29 is 0 Å². The van der Waals surface area contributed by atoms with Crippen LogP contribution in [0.3, 0.4) is 0 Å². The van der Waals surface area contributed by atoms with Gasteiger partial charge in [0.2, 0.25) is 0 Å². The minimum absolute atomic E-state index is 0.450. The maximum absolute atomic E-state index is 4.35. The molecule has 1 aromatic carbocycles. The summed E-state index contributed by atoms with van der Waals surface area (Å²) in [5.41, 5.74) is 4.05. The van der Waals surface area contributed by atoms with Gasteiger partial charge < -0.3 is 10.6 Å². The van der Waals surface area contributed by atoms with Crippen molar-refractivity contribution in [3.05, 3.63) is 59.9 Å². The van der Waals surface area contributed by atoms with E-state index >= 15 is 0 Å². The molecule has 0 spiro atoms. The van der Waals surface area contributed by atoms with Gasteiger partial charge in [0.15, 0.2) is 0 Å². The van der Waals surface area contributed by atoms with Crippen molar-refractivity contribution in [3.8, 4) is 0 Å². The van der Waals surface area contributed by atoms with Crippen LogP contribution in [-0.2, 0) is 6.42 Å². The minimum atomic E-state index is 0.450. The van der Waals surface area contributed by atoms with Crippen LogP contribution in [0.25, 0.3) is 0 Å². The van der Waals surface area contributed by atoms with Gasteiger partial charge in [0.1, 0.15) is 0 Å². The Morgan fingerprint density at radius 3 is 2.68 bits per heavy atom. The molecule has 0 aromatic heterocycles. The molecule has 0 aliphatic carbocycles. The molecule has 1 aliphatic rings. The molecule has 2 rings (SSSR count). The number of allylic oxidation sites excluding steroid dienone is 1. The molecule has 0 amide bonds. The summed E-state index contributed by atoms with van der Waals surface area (Å²) in [5, 5.41) is 7.05. The van der Waals surface area contributed by atoms with Crippen LogP contribution in [0, 0.1) is 5.92 Å². The number of nitrogens with zero attached hydrogens (tertiary/aromatic N) is 2. The van der Waals surface area contributed by atoms with E-state index in [2.05, 4.69) is 77.5 Å². The Bertz CT molecular complexity index is 680. The molecule has 2 unspecified atom stereocenters. The zero-order chi connectivity index (χ0) is 22.3. The van der Waals surface area contributed by atoms with Crippen molar-refractivity contribution in [2.24, 2.45) is 10.9 Å².